The number of ether oxygens (including phenoxy) is 1. The molecule has 1 fully saturated rings. The van der Waals surface area contributed by atoms with Crippen LogP contribution < -0.4 is 10.1 Å². The zero-order valence-corrected chi connectivity index (χ0v) is 10.1. The van der Waals surface area contributed by atoms with Gasteiger partial charge in [-0.2, -0.15) is 8.78 Å². The molecular weight excluding hydrogens is 258 g/mol. The van der Waals surface area contributed by atoms with Gasteiger partial charge in [-0.25, -0.2) is 4.98 Å². The highest BCUT2D eigenvalue weighted by Crippen LogP contribution is 2.19. The van der Waals surface area contributed by atoms with Crippen molar-refractivity contribution in [3.63, 3.8) is 0 Å². The lowest BCUT2D eigenvalue weighted by atomic mass is 10.2. The van der Waals surface area contributed by atoms with Gasteiger partial charge in [-0.1, -0.05) is 0 Å². The first-order valence-corrected chi connectivity index (χ1v) is 5.94. The first-order valence-electron chi connectivity index (χ1n) is 5.94. The number of hydrogen-bond donors (Lipinski definition) is 2. The monoisotopic (exact) mass is 272 g/mol. The number of carbonyl (C=O) groups excluding carboxylic acids is 1. The van der Waals surface area contributed by atoms with E-state index in [9.17, 15) is 18.7 Å². The normalized spacial score (nSPS) is 22.5. The maximum absolute atomic E-state index is 11.9. The highest BCUT2D eigenvalue weighted by atomic mass is 19.3. The molecule has 0 aliphatic heterocycles. The number of alkyl halides is 2. The van der Waals surface area contributed by atoms with Gasteiger partial charge in [0.15, 0.2) is 0 Å². The second-order valence-corrected chi connectivity index (χ2v) is 4.40. The molecule has 104 valence electrons. The van der Waals surface area contributed by atoms with Crippen molar-refractivity contribution < 1.29 is 23.4 Å². The van der Waals surface area contributed by atoms with Crippen LogP contribution in [0, 0.1) is 0 Å². The van der Waals surface area contributed by atoms with Crippen molar-refractivity contribution >= 4 is 5.91 Å². The fourth-order valence-electron chi connectivity index (χ4n) is 2.03. The molecule has 1 aromatic heterocycles. The van der Waals surface area contributed by atoms with Gasteiger partial charge in [0.25, 0.3) is 5.91 Å². The topological polar surface area (TPSA) is 71.5 Å². The molecule has 2 N–H and O–H groups in total. The van der Waals surface area contributed by atoms with E-state index < -0.39 is 6.61 Å². The Bertz CT molecular complexity index is 439. The summed E-state index contributed by atoms with van der Waals surface area (Å²) in [5, 5.41) is 12.1. The summed E-state index contributed by atoms with van der Waals surface area (Å²) in [6.45, 7) is -2.94. The van der Waals surface area contributed by atoms with Gasteiger partial charge in [0.2, 0.25) is 5.88 Å². The number of aliphatic hydroxyl groups excluding tert-OH is 1. The number of halogens is 2. The SMILES string of the molecule is O=C(N[C@H]1CC[C@@H](O)C1)c1ccc(OC(F)F)nc1. The van der Waals surface area contributed by atoms with E-state index in [0.29, 0.717) is 12.8 Å². The zero-order chi connectivity index (χ0) is 13.8. The Kier molecular flexibility index (Phi) is 4.26. The van der Waals surface area contributed by atoms with Crippen LogP contribution in [0.4, 0.5) is 8.78 Å². The maximum atomic E-state index is 11.9. The van der Waals surface area contributed by atoms with Crippen LogP contribution in [0.25, 0.3) is 0 Å². The molecule has 1 heterocycles. The number of rotatable bonds is 4. The van der Waals surface area contributed by atoms with Crippen molar-refractivity contribution in [3.05, 3.63) is 23.9 Å². The summed E-state index contributed by atoms with van der Waals surface area (Å²) in [4.78, 5) is 15.4. The van der Waals surface area contributed by atoms with Crippen LogP contribution >= 0.6 is 0 Å². The van der Waals surface area contributed by atoms with Gasteiger partial charge >= 0.3 is 6.61 Å². The summed E-state index contributed by atoms with van der Waals surface area (Å²) in [7, 11) is 0. The number of amides is 1. The van der Waals surface area contributed by atoms with Crippen LogP contribution in [0.5, 0.6) is 5.88 Å². The van der Waals surface area contributed by atoms with Crippen molar-refractivity contribution in [1.82, 2.24) is 10.3 Å². The number of nitrogens with one attached hydrogen (secondary N) is 1. The number of nitrogens with zero attached hydrogens (tertiary/aromatic N) is 1. The Balaban J connectivity index is 1.92. The number of aliphatic hydroxyl groups is 1. The van der Waals surface area contributed by atoms with Gasteiger partial charge in [0, 0.05) is 18.3 Å². The van der Waals surface area contributed by atoms with Gasteiger partial charge in [-0.05, 0) is 25.3 Å². The summed E-state index contributed by atoms with van der Waals surface area (Å²) < 4.78 is 27.9. The molecule has 0 aromatic carbocycles. The summed E-state index contributed by atoms with van der Waals surface area (Å²) in [6.07, 6.45) is 2.74. The van der Waals surface area contributed by atoms with Crippen molar-refractivity contribution in [2.24, 2.45) is 0 Å². The molecule has 1 saturated carbocycles. The molecule has 2 rings (SSSR count). The lowest BCUT2D eigenvalue weighted by Gasteiger charge is -2.12. The second-order valence-electron chi connectivity index (χ2n) is 4.40. The van der Waals surface area contributed by atoms with Crippen LogP contribution in [-0.4, -0.2) is 34.8 Å². The molecule has 1 aliphatic rings. The molecule has 0 radical (unpaired) electrons. The third kappa shape index (κ3) is 3.85. The predicted molar refractivity (Wildman–Crippen MR) is 62.0 cm³/mol. The van der Waals surface area contributed by atoms with Crippen LogP contribution in [0.2, 0.25) is 0 Å². The average molecular weight is 272 g/mol. The van der Waals surface area contributed by atoms with Crippen LogP contribution in [0.1, 0.15) is 29.6 Å². The van der Waals surface area contributed by atoms with E-state index in [1.807, 2.05) is 0 Å². The Hall–Kier alpha value is -1.76. The summed E-state index contributed by atoms with van der Waals surface area (Å²) in [5.41, 5.74) is 0.267. The van der Waals surface area contributed by atoms with Crippen LogP contribution in [-0.2, 0) is 0 Å². The van der Waals surface area contributed by atoms with Gasteiger partial charge in [-0.3, -0.25) is 4.79 Å². The molecule has 1 aromatic rings. The van der Waals surface area contributed by atoms with E-state index in [2.05, 4.69) is 15.0 Å². The molecule has 19 heavy (non-hydrogen) atoms. The molecule has 0 unspecified atom stereocenters. The Morgan fingerprint density at radius 3 is 2.79 bits per heavy atom. The molecule has 1 aliphatic carbocycles. The minimum absolute atomic E-state index is 0.0560. The molecule has 2 atom stereocenters. The standard InChI is InChI=1S/C12H14F2N2O3/c13-12(14)19-10-4-1-7(6-15-10)11(18)16-8-2-3-9(17)5-8/h1,4,6,8-9,12,17H,2-3,5H2,(H,16,18)/t8-,9+/m0/s1. The third-order valence-corrected chi connectivity index (χ3v) is 2.95. The fourth-order valence-corrected chi connectivity index (χ4v) is 2.03. The Morgan fingerprint density at radius 1 is 1.47 bits per heavy atom. The van der Waals surface area contributed by atoms with Crippen molar-refractivity contribution in [2.75, 3.05) is 0 Å². The summed E-state index contributed by atoms with van der Waals surface area (Å²) in [5.74, 6) is -0.571. The number of aromatic nitrogens is 1. The van der Waals surface area contributed by atoms with Crippen molar-refractivity contribution in [1.29, 1.82) is 0 Å². The second kappa shape index (κ2) is 5.92. The van der Waals surface area contributed by atoms with Gasteiger partial charge in [0.1, 0.15) is 0 Å². The van der Waals surface area contributed by atoms with Gasteiger partial charge in [0.05, 0.1) is 11.7 Å². The quantitative estimate of drug-likeness (QED) is 0.867. The van der Waals surface area contributed by atoms with Crippen LogP contribution in [0.15, 0.2) is 18.3 Å². The molecule has 7 heteroatoms. The Labute approximate surface area is 108 Å². The molecule has 0 bridgehead atoms. The number of carbonyl (C=O) groups is 1. The minimum Gasteiger partial charge on any atom is -0.417 e. The van der Waals surface area contributed by atoms with E-state index in [4.69, 9.17) is 0 Å². The van der Waals surface area contributed by atoms with Crippen molar-refractivity contribution in [2.45, 2.75) is 38.0 Å². The smallest absolute Gasteiger partial charge is 0.388 e. The zero-order valence-electron chi connectivity index (χ0n) is 10.1. The van der Waals surface area contributed by atoms with E-state index in [-0.39, 0.29) is 29.5 Å². The maximum Gasteiger partial charge on any atom is 0.388 e. The average Bonchev–Trinajstić information content (AvgIpc) is 2.75. The van der Waals surface area contributed by atoms with Crippen LogP contribution in [0.3, 0.4) is 0 Å². The molecule has 0 spiro atoms. The lowest BCUT2D eigenvalue weighted by molar-refractivity contribution is -0.0528. The first-order chi connectivity index (χ1) is 9.04. The van der Waals surface area contributed by atoms with E-state index in [1.54, 1.807) is 0 Å². The number of hydrogen-bond acceptors (Lipinski definition) is 4. The van der Waals surface area contributed by atoms with E-state index >= 15 is 0 Å². The molecular formula is C12H14F2N2O3. The lowest BCUT2D eigenvalue weighted by Crippen LogP contribution is -2.33. The molecule has 1 amide bonds. The largest absolute Gasteiger partial charge is 0.417 e. The fraction of sp³-hybridized carbons (Fsp3) is 0.500. The summed E-state index contributed by atoms with van der Waals surface area (Å²) >= 11 is 0. The molecule has 0 saturated heterocycles. The highest BCUT2D eigenvalue weighted by Gasteiger charge is 2.24. The third-order valence-electron chi connectivity index (χ3n) is 2.95. The van der Waals surface area contributed by atoms with E-state index in [1.165, 1.54) is 18.3 Å². The van der Waals surface area contributed by atoms with E-state index in [0.717, 1.165) is 6.42 Å². The molecule has 5 nitrogen and oxygen atoms in total. The predicted octanol–water partition coefficient (Wildman–Crippen LogP) is 1.33. The summed E-state index contributed by atoms with van der Waals surface area (Å²) in [6, 6.07) is 2.52. The minimum atomic E-state index is -2.94. The first kappa shape index (κ1) is 13.7. The van der Waals surface area contributed by atoms with Gasteiger partial charge < -0.3 is 15.2 Å². The highest BCUT2D eigenvalue weighted by molar-refractivity contribution is 5.94. The number of pyridine rings is 1. The Morgan fingerprint density at radius 2 is 2.26 bits per heavy atom. The van der Waals surface area contributed by atoms with Crippen molar-refractivity contribution in [3.8, 4) is 5.88 Å². The van der Waals surface area contributed by atoms with Gasteiger partial charge in [-0.15, -0.1) is 0 Å².